The van der Waals surface area contributed by atoms with E-state index in [-0.39, 0.29) is 24.8 Å². The van der Waals surface area contributed by atoms with Gasteiger partial charge in [-0.1, -0.05) is 0 Å². The summed E-state index contributed by atoms with van der Waals surface area (Å²) in [5.41, 5.74) is 6.88. The summed E-state index contributed by atoms with van der Waals surface area (Å²) < 4.78 is 1.94. The highest BCUT2D eigenvalue weighted by atomic mass is 35.5. The Morgan fingerprint density at radius 1 is 1.62 bits per heavy atom. The Hall–Kier alpha value is -0.250. The Morgan fingerprint density at radius 2 is 2.31 bits per heavy atom. The standard InChI is InChI=1S/C8H13N3.2ClH/c1-11-8(2-3-10-11)7-4-6(7)5-9;;/h2-3,6-7H,4-5,9H2,1H3;2*1H. The van der Waals surface area contributed by atoms with E-state index >= 15 is 0 Å². The van der Waals surface area contributed by atoms with Gasteiger partial charge in [-0.15, -0.1) is 24.8 Å². The molecule has 0 radical (unpaired) electrons. The van der Waals surface area contributed by atoms with Crippen LogP contribution in [-0.4, -0.2) is 16.3 Å². The summed E-state index contributed by atoms with van der Waals surface area (Å²) in [6.45, 7) is 0.815. The molecule has 13 heavy (non-hydrogen) atoms. The van der Waals surface area contributed by atoms with Crippen LogP contribution in [0.25, 0.3) is 0 Å². The number of rotatable bonds is 2. The van der Waals surface area contributed by atoms with E-state index in [1.165, 1.54) is 12.1 Å². The molecule has 2 atom stereocenters. The van der Waals surface area contributed by atoms with Gasteiger partial charge in [-0.3, -0.25) is 4.68 Å². The van der Waals surface area contributed by atoms with Crippen LogP contribution in [0.15, 0.2) is 12.3 Å². The molecule has 0 saturated heterocycles. The molecule has 3 nitrogen and oxygen atoms in total. The predicted molar refractivity (Wildman–Crippen MR) is 57.6 cm³/mol. The van der Waals surface area contributed by atoms with E-state index in [0.29, 0.717) is 11.8 Å². The van der Waals surface area contributed by atoms with Gasteiger partial charge < -0.3 is 5.73 Å². The van der Waals surface area contributed by atoms with Crippen molar-refractivity contribution in [3.05, 3.63) is 18.0 Å². The van der Waals surface area contributed by atoms with Gasteiger partial charge in [-0.05, 0) is 24.9 Å². The third-order valence-corrected chi connectivity index (χ3v) is 2.46. The van der Waals surface area contributed by atoms with Gasteiger partial charge >= 0.3 is 0 Å². The maximum atomic E-state index is 5.55. The molecule has 0 aromatic carbocycles. The molecule has 2 unspecified atom stereocenters. The van der Waals surface area contributed by atoms with E-state index in [2.05, 4.69) is 11.2 Å². The maximum absolute atomic E-state index is 5.55. The molecule has 1 fully saturated rings. The van der Waals surface area contributed by atoms with Gasteiger partial charge in [0.1, 0.15) is 0 Å². The largest absolute Gasteiger partial charge is 0.330 e. The molecule has 1 aromatic rings. The second-order valence-electron chi connectivity index (χ2n) is 3.22. The van der Waals surface area contributed by atoms with Gasteiger partial charge in [0.25, 0.3) is 0 Å². The molecule has 0 spiro atoms. The highest BCUT2D eigenvalue weighted by Crippen LogP contribution is 2.46. The van der Waals surface area contributed by atoms with Crippen molar-refractivity contribution in [1.29, 1.82) is 0 Å². The van der Waals surface area contributed by atoms with Crippen LogP contribution in [0, 0.1) is 5.92 Å². The summed E-state index contributed by atoms with van der Waals surface area (Å²) in [5, 5.41) is 4.12. The number of nitrogens with two attached hydrogens (primary N) is 1. The first-order chi connectivity index (χ1) is 5.33. The van der Waals surface area contributed by atoms with E-state index in [0.717, 1.165) is 6.54 Å². The summed E-state index contributed by atoms with van der Waals surface area (Å²) in [6.07, 6.45) is 3.09. The lowest BCUT2D eigenvalue weighted by molar-refractivity contribution is 0.690. The van der Waals surface area contributed by atoms with E-state index in [9.17, 15) is 0 Å². The average Bonchev–Trinajstić information content (AvgIpc) is 2.68. The second kappa shape index (κ2) is 4.84. The number of aromatic nitrogens is 2. The van der Waals surface area contributed by atoms with Crippen molar-refractivity contribution < 1.29 is 0 Å². The van der Waals surface area contributed by atoms with Gasteiger partial charge in [-0.25, -0.2) is 0 Å². The molecule has 1 heterocycles. The minimum atomic E-state index is 0. The van der Waals surface area contributed by atoms with E-state index in [4.69, 9.17) is 5.73 Å². The Bertz CT molecular complexity index is 262. The van der Waals surface area contributed by atoms with E-state index in [1.807, 2.05) is 17.9 Å². The fraction of sp³-hybridized carbons (Fsp3) is 0.625. The van der Waals surface area contributed by atoms with Crippen molar-refractivity contribution in [3.8, 4) is 0 Å². The first-order valence-corrected chi connectivity index (χ1v) is 4.01. The zero-order valence-corrected chi connectivity index (χ0v) is 9.14. The zero-order valence-electron chi connectivity index (χ0n) is 7.51. The van der Waals surface area contributed by atoms with Crippen LogP contribution in [0.2, 0.25) is 0 Å². The summed E-state index contributed by atoms with van der Waals surface area (Å²) in [4.78, 5) is 0. The van der Waals surface area contributed by atoms with Crippen molar-refractivity contribution in [1.82, 2.24) is 9.78 Å². The van der Waals surface area contributed by atoms with Crippen LogP contribution >= 0.6 is 24.8 Å². The van der Waals surface area contributed by atoms with Crippen LogP contribution in [0.1, 0.15) is 18.0 Å². The lowest BCUT2D eigenvalue weighted by Gasteiger charge is -1.98. The van der Waals surface area contributed by atoms with E-state index in [1.54, 1.807) is 0 Å². The van der Waals surface area contributed by atoms with Crippen LogP contribution < -0.4 is 5.73 Å². The molecule has 76 valence electrons. The molecular formula is C8H15Cl2N3. The fourth-order valence-corrected chi connectivity index (χ4v) is 1.62. The normalized spacial score (nSPS) is 24.5. The molecule has 1 aliphatic carbocycles. The summed E-state index contributed by atoms with van der Waals surface area (Å²) in [5.74, 6) is 1.40. The molecule has 1 saturated carbocycles. The Labute approximate surface area is 90.5 Å². The fourth-order valence-electron chi connectivity index (χ4n) is 1.62. The lowest BCUT2D eigenvalue weighted by atomic mass is 10.2. The maximum Gasteiger partial charge on any atom is 0.0492 e. The smallest absolute Gasteiger partial charge is 0.0492 e. The molecule has 2 N–H and O–H groups in total. The van der Waals surface area contributed by atoms with Crippen LogP contribution in [-0.2, 0) is 7.05 Å². The SMILES string of the molecule is Cl.Cl.Cn1nccc1C1CC1CN. The highest BCUT2D eigenvalue weighted by molar-refractivity contribution is 5.85. The molecule has 0 aliphatic heterocycles. The Balaban J connectivity index is 0.000000720. The van der Waals surface area contributed by atoms with Crippen molar-refractivity contribution >= 4 is 24.8 Å². The molecule has 1 aromatic heterocycles. The van der Waals surface area contributed by atoms with Gasteiger partial charge in [0, 0.05) is 24.9 Å². The molecule has 2 rings (SSSR count). The minimum Gasteiger partial charge on any atom is -0.330 e. The summed E-state index contributed by atoms with van der Waals surface area (Å²) in [6, 6.07) is 2.08. The first kappa shape index (κ1) is 12.8. The van der Waals surface area contributed by atoms with E-state index < -0.39 is 0 Å². The number of aryl methyl sites for hydroxylation is 1. The van der Waals surface area contributed by atoms with Crippen LogP contribution in [0.5, 0.6) is 0 Å². The topological polar surface area (TPSA) is 43.8 Å². The van der Waals surface area contributed by atoms with Gasteiger partial charge in [-0.2, -0.15) is 5.10 Å². The number of halogens is 2. The van der Waals surface area contributed by atoms with Gasteiger partial charge in [0.2, 0.25) is 0 Å². The summed E-state index contributed by atoms with van der Waals surface area (Å²) >= 11 is 0. The molecule has 0 bridgehead atoms. The van der Waals surface area contributed by atoms with Crippen molar-refractivity contribution in [3.63, 3.8) is 0 Å². The van der Waals surface area contributed by atoms with Gasteiger partial charge in [0.15, 0.2) is 0 Å². The Kier molecular flexibility index (Phi) is 4.75. The number of nitrogens with zero attached hydrogens (tertiary/aromatic N) is 2. The Morgan fingerprint density at radius 3 is 2.69 bits per heavy atom. The quantitative estimate of drug-likeness (QED) is 0.823. The highest BCUT2D eigenvalue weighted by Gasteiger charge is 2.38. The van der Waals surface area contributed by atoms with Crippen LogP contribution in [0.4, 0.5) is 0 Å². The lowest BCUT2D eigenvalue weighted by Crippen LogP contribution is -2.04. The molecule has 1 aliphatic rings. The van der Waals surface area contributed by atoms with Crippen LogP contribution in [0.3, 0.4) is 0 Å². The third-order valence-electron chi connectivity index (χ3n) is 2.46. The second-order valence-corrected chi connectivity index (χ2v) is 3.22. The van der Waals surface area contributed by atoms with Crippen molar-refractivity contribution in [2.45, 2.75) is 12.3 Å². The van der Waals surface area contributed by atoms with Crippen molar-refractivity contribution in [2.75, 3.05) is 6.54 Å². The number of hydrogen-bond acceptors (Lipinski definition) is 2. The summed E-state index contributed by atoms with van der Waals surface area (Å²) in [7, 11) is 1.99. The number of hydrogen-bond donors (Lipinski definition) is 1. The van der Waals surface area contributed by atoms with Gasteiger partial charge in [0.05, 0.1) is 0 Å². The minimum absolute atomic E-state index is 0. The monoisotopic (exact) mass is 223 g/mol. The predicted octanol–water partition coefficient (Wildman–Crippen LogP) is 1.33. The molecule has 5 heteroatoms. The average molecular weight is 224 g/mol. The molecular weight excluding hydrogens is 209 g/mol. The van der Waals surface area contributed by atoms with Crippen molar-refractivity contribution in [2.24, 2.45) is 18.7 Å². The zero-order chi connectivity index (χ0) is 7.84. The first-order valence-electron chi connectivity index (χ1n) is 4.01. The molecule has 0 amide bonds. The third kappa shape index (κ3) is 2.36.